The molecule has 0 saturated heterocycles. The Bertz CT molecular complexity index is 1100. The van der Waals surface area contributed by atoms with Crippen molar-refractivity contribution in [1.82, 2.24) is 14.9 Å². The van der Waals surface area contributed by atoms with E-state index >= 15 is 0 Å². The fourth-order valence-electron chi connectivity index (χ4n) is 3.96. The summed E-state index contributed by atoms with van der Waals surface area (Å²) in [5.41, 5.74) is 7.54. The minimum Gasteiger partial charge on any atom is -0.496 e. The highest BCUT2D eigenvalue weighted by Crippen LogP contribution is 2.26. The number of rotatable bonds is 4. The summed E-state index contributed by atoms with van der Waals surface area (Å²) in [6.45, 7) is 8.66. The van der Waals surface area contributed by atoms with Crippen LogP contribution in [0.25, 0.3) is 11.4 Å². The standard InChI is InChI=1S/C24H27N3O2/c1-15-5-7-18(8-6-15)23-25-21-14-27(12-11-20(21)24(28)26-23)13-19-9-10-22(29-4)17(3)16(19)2/h5-10H,11-14H2,1-4H3,(H,25,26,28). The van der Waals surface area contributed by atoms with Crippen LogP contribution < -0.4 is 10.3 Å². The van der Waals surface area contributed by atoms with Gasteiger partial charge in [-0.15, -0.1) is 0 Å². The first kappa shape index (κ1) is 19.4. The summed E-state index contributed by atoms with van der Waals surface area (Å²) in [6, 6.07) is 12.3. The second-order valence-electron chi connectivity index (χ2n) is 7.84. The molecule has 0 radical (unpaired) electrons. The molecule has 2 aromatic carbocycles. The van der Waals surface area contributed by atoms with Crippen molar-refractivity contribution in [2.24, 2.45) is 0 Å². The molecule has 0 amide bonds. The average molecular weight is 389 g/mol. The summed E-state index contributed by atoms with van der Waals surface area (Å²) in [4.78, 5) is 22.8. The van der Waals surface area contributed by atoms with Crippen LogP contribution in [0.5, 0.6) is 5.75 Å². The zero-order valence-corrected chi connectivity index (χ0v) is 17.5. The molecule has 0 saturated carbocycles. The van der Waals surface area contributed by atoms with Crippen molar-refractivity contribution >= 4 is 0 Å². The van der Waals surface area contributed by atoms with Gasteiger partial charge < -0.3 is 9.72 Å². The van der Waals surface area contributed by atoms with Crippen LogP contribution in [-0.2, 0) is 19.5 Å². The van der Waals surface area contributed by atoms with Gasteiger partial charge in [0.25, 0.3) is 5.56 Å². The Morgan fingerprint density at radius 2 is 1.83 bits per heavy atom. The minimum atomic E-state index is -0.0123. The van der Waals surface area contributed by atoms with Gasteiger partial charge in [-0.25, -0.2) is 4.98 Å². The second kappa shape index (κ2) is 7.84. The molecule has 0 atom stereocenters. The first-order valence-corrected chi connectivity index (χ1v) is 10.0. The second-order valence-corrected chi connectivity index (χ2v) is 7.84. The lowest BCUT2D eigenvalue weighted by Gasteiger charge is -2.28. The molecule has 1 aliphatic rings. The van der Waals surface area contributed by atoms with Crippen molar-refractivity contribution < 1.29 is 4.74 Å². The molecule has 5 heteroatoms. The fraction of sp³-hybridized carbons (Fsp3) is 0.333. The molecule has 1 aliphatic heterocycles. The molecule has 150 valence electrons. The number of fused-ring (bicyclic) bond motifs is 1. The molecule has 0 fully saturated rings. The number of hydrogen-bond donors (Lipinski definition) is 1. The molecule has 0 spiro atoms. The number of aromatic nitrogens is 2. The van der Waals surface area contributed by atoms with E-state index in [1.54, 1.807) is 7.11 Å². The van der Waals surface area contributed by atoms with Gasteiger partial charge in [-0.2, -0.15) is 0 Å². The van der Waals surface area contributed by atoms with Gasteiger partial charge in [0.15, 0.2) is 0 Å². The number of aromatic amines is 1. The number of methoxy groups -OCH3 is 1. The maximum Gasteiger partial charge on any atom is 0.254 e. The number of benzene rings is 2. The number of hydrogen-bond acceptors (Lipinski definition) is 4. The zero-order valence-electron chi connectivity index (χ0n) is 17.5. The molecule has 2 heterocycles. The van der Waals surface area contributed by atoms with Gasteiger partial charge >= 0.3 is 0 Å². The third-order valence-electron chi connectivity index (χ3n) is 5.94. The third kappa shape index (κ3) is 3.83. The van der Waals surface area contributed by atoms with Crippen molar-refractivity contribution in [1.29, 1.82) is 0 Å². The SMILES string of the molecule is COc1ccc(CN2CCc3c(nc(-c4ccc(C)cc4)[nH]c3=O)C2)c(C)c1C. The quantitative estimate of drug-likeness (QED) is 0.735. The topological polar surface area (TPSA) is 58.2 Å². The predicted octanol–water partition coefficient (Wildman–Crippen LogP) is 3.93. The molecule has 29 heavy (non-hydrogen) atoms. The molecular formula is C24H27N3O2. The van der Waals surface area contributed by atoms with Crippen LogP contribution >= 0.6 is 0 Å². The first-order chi connectivity index (χ1) is 14.0. The van der Waals surface area contributed by atoms with Crippen LogP contribution in [0.4, 0.5) is 0 Å². The van der Waals surface area contributed by atoms with E-state index in [0.29, 0.717) is 12.4 Å². The smallest absolute Gasteiger partial charge is 0.254 e. The summed E-state index contributed by atoms with van der Waals surface area (Å²) in [5.74, 6) is 1.57. The number of aryl methyl sites for hydroxylation is 1. The maximum absolute atomic E-state index is 12.6. The third-order valence-corrected chi connectivity index (χ3v) is 5.94. The monoisotopic (exact) mass is 389 g/mol. The Kier molecular flexibility index (Phi) is 5.24. The van der Waals surface area contributed by atoms with E-state index in [0.717, 1.165) is 42.1 Å². The molecule has 0 aliphatic carbocycles. The Balaban J connectivity index is 1.60. The van der Waals surface area contributed by atoms with Gasteiger partial charge in [-0.05, 0) is 49.9 Å². The summed E-state index contributed by atoms with van der Waals surface area (Å²) < 4.78 is 5.43. The molecule has 4 rings (SSSR count). The summed E-state index contributed by atoms with van der Waals surface area (Å²) >= 11 is 0. The molecule has 0 unspecified atom stereocenters. The van der Waals surface area contributed by atoms with E-state index in [-0.39, 0.29) is 5.56 Å². The van der Waals surface area contributed by atoms with Gasteiger partial charge in [0.2, 0.25) is 0 Å². The summed E-state index contributed by atoms with van der Waals surface area (Å²) in [6.07, 6.45) is 0.722. The largest absolute Gasteiger partial charge is 0.496 e. The van der Waals surface area contributed by atoms with E-state index < -0.39 is 0 Å². The molecular weight excluding hydrogens is 362 g/mol. The van der Waals surface area contributed by atoms with E-state index in [1.807, 2.05) is 37.3 Å². The van der Waals surface area contributed by atoms with Gasteiger partial charge in [0.1, 0.15) is 11.6 Å². The highest BCUT2D eigenvalue weighted by molar-refractivity contribution is 5.55. The van der Waals surface area contributed by atoms with Crippen LogP contribution in [0.1, 0.15) is 33.5 Å². The van der Waals surface area contributed by atoms with Gasteiger partial charge in [-0.3, -0.25) is 9.69 Å². The van der Waals surface area contributed by atoms with Crippen molar-refractivity contribution in [3.63, 3.8) is 0 Å². The highest BCUT2D eigenvalue weighted by Gasteiger charge is 2.22. The Hall–Kier alpha value is -2.92. The number of ether oxygens (including phenoxy) is 1. The summed E-state index contributed by atoms with van der Waals surface area (Å²) in [5, 5.41) is 0. The normalized spacial score (nSPS) is 13.9. The van der Waals surface area contributed by atoms with E-state index in [4.69, 9.17) is 9.72 Å². The van der Waals surface area contributed by atoms with Gasteiger partial charge in [0.05, 0.1) is 12.8 Å². The average Bonchev–Trinajstić information content (AvgIpc) is 2.72. The van der Waals surface area contributed by atoms with Crippen molar-refractivity contribution in [2.45, 2.75) is 40.3 Å². The molecule has 5 nitrogen and oxygen atoms in total. The summed E-state index contributed by atoms with van der Waals surface area (Å²) in [7, 11) is 1.71. The lowest BCUT2D eigenvalue weighted by atomic mass is 10.00. The lowest BCUT2D eigenvalue weighted by Crippen LogP contribution is -2.35. The zero-order chi connectivity index (χ0) is 20.5. The Labute approximate surface area is 171 Å². The van der Waals surface area contributed by atoms with Crippen molar-refractivity contribution in [2.75, 3.05) is 13.7 Å². The van der Waals surface area contributed by atoms with Crippen molar-refractivity contribution in [3.05, 3.63) is 80.3 Å². The highest BCUT2D eigenvalue weighted by atomic mass is 16.5. The molecule has 1 N–H and O–H groups in total. The minimum absolute atomic E-state index is 0.0123. The Morgan fingerprint density at radius 1 is 1.07 bits per heavy atom. The Morgan fingerprint density at radius 3 is 2.55 bits per heavy atom. The van der Waals surface area contributed by atoms with Gasteiger partial charge in [0, 0.05) is 30.8 Å². The van der Waals surface area contributed by atoms with E-state index in [9.17, 15) is 4.79 Å². The van der Waals surface area contributed by atoms with E-state index in [1.165, 1.54) is 22.3 Å². The van der Waals surface area contributed by atoms with E-state index in [2.05, 4.69) is 29.8 Å². The van der Waals surface area contributed by atoms with Crippen LogP contribution in [0.3, 0.4) is 0 Å². The number of nitrogens with one attached hydrogen (secondary N) is 1. The first-order valence-electron chi connectivity index (χ1n) is 10.0. The molecule has 1 aromatic heterocycles. The number of nitrogens with zero attached hydrogens (tertiary/aromatic N) is 2. The van der Waals surface area contributed by atoms with Crippen molar-refractivity contribution in [3.8, 4) is 17.1 Å². The predicted molar refractivity (Wildman–Crippen MR) is 115 cm³/mol. The van der Waals surface area contributed by atoms with Crippen LogP contribution in [0, 0.1) is 20.8 Å². The lowest BCUT2D eigenvalue weighted by molar-refractivity contribution is 0.240. The molecule has 0 bridgehead atoms. The number of H-pyrrole nitrogens is 1. The van der Waals surface area contributed by atoms with Crippen LogP contribution in [0.2, 0.25) is 0 Å². The fourth-order valence-corrected chi connectivity index (χ4v) is 3.96. The van der Waals surface area contributed by atoms with Crippen LogP contribution in [-0.4, -0.2) is 28.5 Å². The van der Waals surface area contributed by atoms with Gasteiger partial charge in [-0.1, -0.05) is 35.9 Å². The molecule has 3 aromatic rings. The maximum atomic E-state index is 12.6. The van der Waals surface area contributed by atoms with Crippen LogP contribution in [0.15, 0.2) is 41.2 Å².